The summed E-state index contributed by atoms with van der Waals surface area (Å²) in [5, 5.41) is 24.8. The molecule has 14 heteroatoms. The summed E-state index contributed by atoms with van der Waals surface area (Å²) in [6.07, 6.45) is 0. The second-order valence-corrected chi connectivity index (χ2v) is 10.9. The number of carbonyl (C=O) groups excluding carboxylic acids is 1. The van der Waals surface area contributed by atoms with E-state index in [0.29, 0.717) is 51.1 Å². The van der Waals surface area contributed by atoms with E-state index in [4.69, 9.17) is 14.2 Å². The molecule has 11 nitrogen and oxygen atoms in total. The molecule has 3 heterocycles. The number of carbonyl (C=O) groups is 1. The Labute approximate surface area is 234 Å². The topological polar surface area (TPSA) is 126 Å². The first kappa shape index (κ1) is 26.1. The van der Waals surface area contributed by atoms with Crippen molar-refractivity contribution in [2.24, 2.45) is 0 Å². The molecule has 196 valence electrons. The summed E-state index contributed by atoms with van der Waals surface area (Å²) < 4.78 is 19.5. The minimum atomic E-state index is -0.681. The van der Waals surface area contributed by atoms with Crippen LogP contribution in [0.25, 0.3) is 10.6 Å². The highest BCUT2D eigenvalue weighted by atomic mass is 79.9. The second kappa shape index (κ2) is 11.5. The van der Waals surface area contributed by atoms with Crippen molar-refractivity contribution < 1.29 is 19.0 Å². The Bertz CT molecular complexity index is 1490. The maximum absolute atomic E-state index is 13.2. The molecule has 2 aromatic heterocycles. The molecule has 2 aromatic carbocycles. The summed E-state index contributed by atoms with van der Waals surface area (Å²) in [6, 6.07) is 12.8. The Morgan fingerprint density at radius 1 is 1.18 bits per heavy atom. The lowest BCUT2D eigenvalue weighted by molar-refractivity contribution is -0.136. The molecule has 1 atom stereocenters. The van der Waals surface area contributed by atoms with Crippen molar-refractivity contribution in [1.29, 1.82) is 0 Å². The van der Waals surface area contributed by atoms with E-state index in [-0.39, 0.29) is 0 Å². The minimum absolute atomic E-state index is 0.366. The number of methoxy groups -OCH3 is 2. The van der Waals surface area contributed by atoms with Gasteiger partial charge in [0.2, 0.25) is 5.95 Å². The summed E-state index contributed by atoms with van der Waals surface area (Å²) in [5.41, 5.74) is 2.68. The van der Waals surface area contributed by atoms with E-state index in [1.54, 1.807) is 11.8 Å². The molecule has 0 aliphatic carbocycles. The van der Waals surface area contributed by atoms with Crippen LogP contribution >= 0.6 is 39.0 Å². The first-order chi connectivity index (χ1) is 18.5. The van der Waals surface area contributed by atoms with Crippen LogP contribution in [0.15, 0.2) is 62.5 Å². The number of halogens is 1. The third-order valence-corrected chi connectivity index (χ3v) is 8.35. The van der Waals surface area contributed by atoms with Crippen LogP contribution in [0.4, 0.5) is 5.95 Å². The van der Waals surface area contributed by atoms with Gasteiger partial charge < -0.3 is 19.5 Å². The van der Waals surface area contributed by atoms with Gasteiger partial charge in [0.15, 0.2) is 15.8 Å². The van der Waals surface area contributed by atoms with Crippen molar-refractivity contribution in [3.63, 3.8) is 0 Å². The predicted molar refractivity (Wildman–Crippen MR) is 147 cm³/mol. The van der Waals surface area contributed by atoms with Gasteiger partial charge in [-0.15, -0.1) is 10.2 Å². The highest BCUT2D eigenvalue weighted by Crippen LogP contribution is 2.43. The first-order valence-electron chi connectivity index (χ1n) is 11.4. The van der Waals surface area contributed by atoms with Gasteiger partial charge in [-0.05, 0) is 51.0 Å². The van der Waals surface area contributed by atoms with Crippen molar-refractivity contribution >= 4 is 50.9 Å². The fraction of sp³-hybridized carbons (Fsp3) is 0.250. The standard InChI is InChI=1S/C24H22BrN7O4S2/c1-4-36-20-15(25)10-14(11-17(20)34-2)19-18(22(33)35-3)16(26-23-28-30-31-32(19)23)12-37-24-29-27-21(38-24)13-8-6-5-7-9-13/h5-11,19H,4,12H2,1-3H3,(H,26,28,31). The van der Waals surface area contributed by atoms with E-state index in [0.717, 1.165) is 14.9 Å². The van der Waals surface area contributed by atoms with Gasteiger partial charge in [-0.1, -0.05) is 58.5 Å². The summed E-state index contributed by atoms with van der Waals surface area (Å²) in [7, 11) is 2.90. The molecule has 4 aromatic rings. The van der Waals surface area contributed by atoms with Crippen LogP contribution in [-0.2, 0) is 9.53 Å². The van der Waals surface area contributed by atoms with Gasteiger partial charge in [0.1, 0.15) is 11.0 Å². The van der Waals surface area contributed by atoms with Crippen LogP contribution in [0, 0.1) is 0 Å². The summed E-state index contributed by atoms with van der Waals surface area (Å²) in [5.74, 6) is 1.34. The summed E-state index contributed by atoms with van der Waals surface area (Å²) in [4.78, 5) is 13.2. The van der Waals surface area contributed by atoms with Gasteiger partial charge in [-0.2, -0.15) is 4.68 Å². The van der Waals surface area contributed by atoms with E-state index < -0.39 is 12.0 Å². The Morgan fingerprint density at radius 2 is 2.00 bits per heavy atom. The molecule has 0 radical (unpaired) electrons. The number of nitrogens with zero attached hydrogens (tertiary/aromatic N) is 6. The Morgan fingerprint density at radius 3 is 2.74 bits per heavy atom. The number of rotatable bonds is 9. The molecular formula is C24H22BrN7O4S2. The average Bonchev–Trinajstić information content (AvgIpc) is 3.62. The van der Waals surface area contributed by atoms with Crippen LogP contribution in [0.3, 0.4) is 0 Å². The van der Waals surface area contributed by atoms with Gasteiger partial charge in [-0.25, -0.2) is 4.79 Å². The zero-order valence-corrected chi connectivity index (χ0v) is 23.8. The van der Waals surface area contributed by atoms with E-state index in [1.165, 1.54) is 30.2 Å². The smallest absolute Gasteiger partial charge is 0.338 e. The van der Waals surface area contributed by atoms with Crippen molar-refractivity contribution in [2.45, 2.75) is 17.3 Å². The molecule has 0 fully saturated rings. The number of aromatic nitrogens is 6. The van der Waals surface area contributed by atoms with Crippen LogP contribution in [0.1, 0.15) is 18.5 Å². The molecule has 38 heavy (non-hydrogen) atoms. The van der Waals surface area contributed by atoms with E-state index >= 15 is 0 Å². The van der Waals surface area contributed by atoms with Crippen molar-refractivity contribution in [1.82, 2.24) is 30.4 Å². The molecule has 1 aliphatic rings. The third-order valence-electron chi connectivity index (χ3n) is 5.63. The molecule has 1 unspecified atom stereocenters. The number of ether oxygens (including phenoxy) is 3. The Hall–Kier alpha value is -3.49. The number of nitrogens with one attached hydrogen (secondary N) is 1. The van der Waals surface area contributed by atoms with Gasteiger partial charge in [-0.3, -0.25) is 0 Å². The van der Waals surface area contributed by atoms with Crippen molar-refractivity contribution in [3.05, 3.63) is 63.8 Å². The quantitative estimate of drug-likeness (QED) is 0.210. The lowest BCUT2D eigenvalue weighted by Gasteiger charge is -2.28. The van der Waals surface area contributed by atoms with Crippen molar-refractivity contribution in [2.75, 3.05) is 31.9 Å². The highest BCUT2D eigenvalue weighted by Gasteiger charge is 2.37. The fourth-order valence-corrected chi connectivity index (χ4v) is 6.39. The van der Waals surface area contributed by atoms with Gasteiger partial charge >= 0.3 is 5.97 Å². The molecule has 0 amide bonds. The van der Waals surface area contributed by atoms with Crippen LogP contribution in [0.5, 0.6) is 11.5 Å². The molecule has 5 rings (SSSR count). The molecule has 1 N–H and O–H groups in total. The number of anilines is 1. The number of hydrogen-bond donors (Lipinski definition) is 1. The lowest BCUT2D eigenvalue weighted by Crippen LogP contribution is -2.31. The van der Waals surface area contributed by atoms with Crippen LogP contribution in [-0.4, -0.2) is 63.0 Å². The molecule has 0 spiro atoms. The van der Waals surface area contributed by atoms with E-state index in [9.17, 15) is 4.79 Å². The molecule has 0 saturated heterocycles. The largest absolute Gasteiger partial charge is 0.493 e. The highest BCUT2D eigenvalue weighted by molar-refractivity contribution is 9.10. The molecular weight excluding hydrogens is 594 g/mol. The first-order valence-corrected chi connectivity index (χ1v) is 14.0. The van der Waals surface area contributed by atoms with Gasteiger partial charge in [0.05, 0.1) is 30.9 Å². The minimum Gasteiger partial charge on any atom is -0.493 e. The number of fused-ring (bicyclic) bond motifs is 1. The van der Waals surface area contributed by atoms with E-state index in [2.05, 4.69) is 47.0 Å². The average molecular weight is 617 g/mol. The van der Waals surface area contributed by atoms with E-state index in [1.807, 2.05) is 49.4 Å². The monoisotopic (exact) mass is 615 g/mol. The number of hydrogen-bond acceptors (Lipinski definition) is 12. The predicted octanol–water partition coefficient (Wildman–Crippen LogP) is 4.60. The molecule has 1 aliphatic heterocycles. The molecule has 0 saturated carbocycles. The fourth-order valence-electron chi connectivity index (χ4n) is 3.99. The zero-order chi connectivity index (χ0) is 26.6. The zero-order valence-electron chi connectivity index (χ0n) is 20.5. The van der Waals surface area contributed by atoms with Crippen LogP contribution < -0.4 is 14.8 Å². The Kier molecular flexibility index (Phi) is 7.90. The van der Waals surface area contributed by atoms with Crippen LogP contribution in [0.2, 0.25) is 0 Å². The van der Waals surface area contributed by atoms with Gasteiger partial charge in [0, 0.05) is 17.0 Å². The number of tetrazole rings is 1. The molecule has 0 bridgehead atoms. The number of thioether (sulfide) groups is 1. The summed E-state index contributed by atoms with van der Waals surface area (Å²) >= 11 is 6.51. The Balaban J connectivity index is 1.53. The number of esters is 1. The maximum atomic E-state index is 13.2. The lowest BCUT2D eigenvalue weighted by atomic mass is 9.95. The second-order valence-electron chi connectivity index (χ2n) is 7.85. The normalized spacial score (nSPS) is 14.6. The summed E-state index contributed by atoms with van der Waals surface area (Å²) in [6.45, 7) is 2.36. The maximum Gasteiger partial charge on any atom is 0.338 e. The third kappa shape index (κ3) is 5.11. The van der Waals surface area contributed by atoms with Gasteiger partial charge in [0.25, 0.3) is 0 Å². The number of benzene rings is 2. The SMILES string of the molecule is CCOc1c(Br)cc(C2C(C(=O)OC)=C(CSc3nnc(-c4ccccc4)s3)Nc3nnnn32)cc1OC. The van der Waals surface area contributed by atoms with Crippen molar-refractivity contribution in [3.8, 4) is 22.1 Å².